The van der Waals surface area contributed by atoms with Crippen LogP contribution in [0.1, 0.15) is 28.4 Å². The van der Waals surface area contributed by atoms with Crippen LogP contribution in [0.4, 0.5) is 5.69 Å². The van der Waals surface area contributed by atoms with E-state index in [9.17, 15) is 13.2 Å². The fraction of sp³-hybridized carbons (Fsp3) is 0.316. The van der Waals surface area contributed by atoms with Gasteiger partial charge in [0.25, 0.3) is 5.91 Å². The van der Waals surface area contributed by atoms with Gasteiger partial charge in [-0.15, -0.1) is 0 Å². The number of hydrogen-bond acceptors (Lipinski definition) is 4. The molecule has 0 aliphatic heterocycles. The highest BCUT2D eigenvalue weighted by Crippen LogP contribution is 2.20. The summed E-state index contributed by atoms with van der Waals surface area (Å²) in [6.07, 6.45) is 1.08. The Balaban J connectivity index is 2.13. The van der Waals surface area contributed by atoms with E-state index in [1.807, 2.05) is 31.2 Å². The van der Waals surface area contributed by atoms with Gasteiger partial charge in [0, 0.05) is 19.2 Å². The van der Waals surface area contributed by atoms with Crippen molar-refractivity contribution in [3.05, 3.63) is 59.2 Å². The van der Waals surface area contributed by atoms with E-state index in [4.69, 9.17) is 4.74 Å². The molecular formula is C19H24N2O4S. The zero-order valence-corrected chi connectivity index (χ0v) is 16.3. The Morgan fingerprint density at radius 2 is 1.81 bits per heavy atom. The number of carbonyl (C=O) groups excluding carboxylic acids is 1. The number of anilines is 1. The molecule has 0 heterocycles. The van der Waals surface area contributed by atoms with Gasteiger partial charge in [-0.3, -0.25) is 9.52 Å². The predicted molar refractivity (Wildman–Crippen MR) is 103 cm³/mol. The van der Waals surface area contributed by atoms with Gasteiger partial charge in [0.2, 0.25) is 10.0 Å². The summed E-state index contributed by atoms with van der Waals surface area (Å²) in [5, 5.41) is 0. The second-order valence-corrected chi connectivity index (χ2v) is 7.89. The van der Waals surface area contributed by atoms with Gasteiger partial charge in [0.1, 0.15) is 5.75 Å². The maximum Gasteiger partial charge on any atom is 0.253 e. The highest BCUT2D eigenvalue weighted by Gasteiger charge is 2.15. The molecule has 2 rings (SSSR count). The van der Waals surface area contributed by atoms with Gasteiger partial charge in [0.15, 0.2) is 0 Å². The van der Waals surface area contributed by atoms with Crippen molar-refractivity contribution < 1.29 is 17.9 Å². The number of nitrogens with zero attached hydrogens (tertiary/aromatic N) is 1. The maximum atomic E-state index is 12.7. The summed E-state index contributed by atoms with van der Waals surface area (Å²) in [5.74, 6) is 0.607. The lowest BCUT2D eigenvalue weighted by atomic mass is 10.1. The number of aryl methyl sites for hydroxylation is 1. The molecule has 0 aliphatic carbocycles. The third kappa shape index (κ3) is 5.49. The molecule has 26 heavy (non-hydrogen) atoms. The van der Waals surface area contributed by atoms with E-state index in [1.165, 1.54) is 0 Å². The minimum absolute atomic E-state index is 0.185. The third-order valence-electron chi connectivity index (χ3n) is 3.78. The molecule has 1 N–H and O–H groups in total. The quantitative estimate of drug-likeness (QED) is 0.806. The van der Waals surface area contributed by atoms with Crippen molar-refractivity contribution in [1.82, 2.24) is 4.90 Å². The number of sulfonamides is 1. The zero-order chi connectivity index (χ0) is 19.3. The Hall–Kier alpha value is -2.54. The average Bonchev–Trinajstić information content (AvgIpc) is 2.57. The monoisotopic (exact) mass is 376 g/mol. The minimum atomic E-state index is -3.41. The lowest BCUT2D eigenvalue weighted by Gasteiger charge is -2.18. The lowest BCUT2D eigenvalue weighted by Crippen LogP contribution is -2.26. The van der Waals surface area contributed by atoms with Crippen LogP contribution in [-0.2, 0) is 16.6 Å². The highest BCUT2D eigenvalue weighted by molar-refractivity contribution is 7.92. The van der Waals surface area contributed by atoms with Crippen LogP contribution in [0.25, 0.3) is 0 Å². The van der Waals surface area contributed by atoms with E-state index in [2.05, 4.69) is 4.72 Å². The SMILES string of the molecule is CCOc1ccc(CN(C)C(=O)c2ccc(C)c(NS(C)(=O)=O)c2)cc1. The molecule has 0 radical (unpaired) electrons. The van der Waals surface area contributed by atoms with Crippen LogP contribution >= 0.6 is 0 Å². The van der Waals surface area contributed by atoms with Crippen molar-refractivity contribution in [2.24, 2.45) is 0 Å². The van der Waals surface area contributed by atoms with Crippen LogP contribution in [0.15, 0.2) is 42.5 Å². The summed E-state index contributed by atoms with van der Waals surface area (Å²) in [4.78, 5) is 14.3. The van der Waals surface area contributed by atoms with Crippen LogP contribution < -0.4 is 9.46 Å². The Morgan fingerprint density at radius 3 is 2.38 bits per heavy atom. The number of nitrogens with one attached hydrogen (secondary N) is 1. The summed E-state index contributed by atoms with van der Waals surface area (Å²) >= 11 is 0. The predicted octanol–water partition coefficient (Wildman–Crippen LogP) is 3.04. The summed E-state index contributed by atoms with van der Waals surface area (Å²) < 4.78 is 30.8. The molecule has 0 bridgehead atoms. The maximum absolute atomic E-state index is 12.7. The van der Waals surface area contributed by atoms with Gasteiger partial charge in [0.05, 0.1) is 18.6 Å². The van der Waals surface area contributed by atoms with Crippen molar-refractivity contribution in [2.75, 3.05) is 24.6 Å². The third-order valence-corrected chi connectivity index (χ3v) is 4.37. The topological polar surface area (TPSA) is 75.7 Å². The van der Waals surface area contributed by atoms with E-state index in [0.29, 0.717) is 24.4 Å². The highest BCUT2D eigenvalue weighted by atomic mass is 32.2. The van der Waals surface area contributed by atoms with Gasteiger partial charge < -0.3 is 9.64 Å². The van der Waals surface area contributed by atoms with Gasteiger partial charge >= 0.3 is 0 Å². The number of carbonyl (C=O) groups is 1. The first kappa shape index (κ1) is 19.8. The van der Waals surface area contributed by atoms with Gasteiger partial charge in [-0.1, -0.05) is 18.2 Å². The molecule has 2 aromatic carbocycles. The van der Waals surface area contributed by atoms with E-state index in [-0.39, 0.29) is 5.91 Å². The molecule has 0 aliphatic rings. The fourth-order valence-corrected chi connectivity index (χ4v) is 3.11. The Morgan fingerprint density at radius 1 is 1.15 bits per heavy atom. The van der Waals surface area contributed by atoms with Crippen LogP contribution in [0.5, 0.6) is 5.75 Å². The molecular weight excluding hydrogens is 352 g/mol. The van der Waals surface area contributed by atoms with Crippen molar-refractivity contribution in [1.29, 1.82) is 0 Å². The Kier molecular flexibility index (Phi) is 6.26. The standard InChI is InChI=1S/C19H24N2O4S/c1-5-25-17-10-7-15(8-11-17)13-21(3)19(22)16-9-6-14(2)18(12-16)20-26(4,23)24/h6-12,20H,5,13H2,1-4H3. The number of ether oxygens (including phenoxy) is 1. The molecule has 2 aromatic rings. The molecule has 1 amide bonds. The van der Waals surface area contributed by atoms with Crippen LogP contribution in [0, 0.1) is 6.92 Å². The molecule has 0 spiro atoms. The smallest absolute Gasteiger partial charge is 0.253 e. The molecule has 140 valence electrons. The minimum Gasteiger partial charge on any atom is -0.494 e. The molecule has 7 heteroatoms. The van der Waals surface area contributed by atoms with Gasteiger partial charge in [-0.2, -0.15) is 0 Å². The first-order chi connectivity index (χ1) is 12.2. The van der Waals surface area contributed by atoms with Crippen LogP contribution in [0.3, 0.4) is 0 Å². The summed E-state index contributed by atoms with van der Waals surface area (Å²) in [7, 11) is -1.70. The van der Waals surface area contributed by atoms with Crippen molar-refractivity contribution >= 4 is 21.6 Å². The van der Waals surface area contributed by atoms with Crippen molar-refractivity contribution in [3.63, 3.8) is 0 Å². The van der Waals surface area contributed by atoms with Gasteiger partial charge in [-0.05, 0) is 49.2 Å². The number of benzene rings is 2. The first-order valence-electron chi connectivity index (χ1n) is 8.25. The fourth-order valence-electron chi connectivity index (χ4n) is 2.49. The van der Waals surface area contributed by atoms with Gasteiger partial charge in [-0.25, -0.2) is 8.42 Å². The molecule has 0 fully saturated rings. The zero-order valence-electron chi connectivity index (χ0n) is 15.4. The van der Waals surface area contributed by atoms with Crippen LogP contribution in [0.2, 0.25) is 0 Å². The van der Waals surface area contributed by atoms with E-state index in [0.717, 1.165) is 23.1 Å². The number of hydrogen-bond donors (Lipinski definition) is 1. The molecule has 6 nitrogen and oxygen atoms in total. The summed E-state index contributed by atoms with van der Waals surface area (Å²) in [6, 6.07) is 12.6. The Labute approximate surface area is 154 Å². The van der Waals surface area contributed by atoms with E-state index < -0.39 is 10.0 Å². The largest absolute Gasteiger partial charge is 0.494 e. The van der Waals surface area contributed by atoms with Crippen molar-refractivity contribution in [3.8, 4) is 5.75 Å². The summed E-state index contributed by atoms with van der Waals surface area (Å²) in [5.41, 5.74) is 2.56. The van der Waals surface area contributed by atoms with Crippen LogP contribution in [-0.4, -0.2) is 39.1 Å². The van der Waals surface area contributed by atoms with E-state index >= 15 is 0 Å². The molecule has 0 saturated carbocycles. The second-order valence-electron chi connectivity index (χ2n) is 6.14. The van der Waals surface area contributed by atoms with Crippen molar-refractivity contribution in [2.45, 2.75) is 20.4 Å². The molecule has 0 aromatic heterocycles. The molecule has 0 saturated heterocycles. The molecule has 0 unspecified atom stereocenters. The average molecular weight is 376 g/mol. The molecule has 0 atom stereocenters. The van der Waals surface area contributed by atoms with E-state index in [1.54, 1.807) is 37.1 Å². The normalized spacial score (nSPS) is 11.1. The Bertz CT molecular complexity index is 877. The second kappa shape index (κ2) is 8.23. The lowest BCUT2D eigenvalue weighted by molar-refractivity contribution is 0.0785. The summed E-state index contributed by atoms with van der Waals surface area (Å²) in [6.45, 7) is 4.75. The first-order valence-corrected chi connectivity index (χ1v) is 10.1. The number of rotatable bonds is 7. The number of amides is 1.